The van der Waals surface area contributed by atoms with Crippen LogP contribution in [0.3, 0.4) is 0 Å². The summed E-state index contributed by atoms with van der Waals surface area (Å²) in [7, 11) is -3.35. The number of sulfone groups is 1. The first-order chi connectivity index (χ1) is 12.0. The van der Waals surface area contributed by atoms with Crippen LogP contribution in [0.5, 0.6) is 5.75 Å². The zero-order valence-corrected chi connectivity index (χ0v) is 14.7. The molecule has 26 heavy (non-hydrogen) atoms. The summed E-state index contributed by atoms with van der Waals surface area (Å²) >= 11 is 0. The van der Waals surface area contributed by atoms with Crippen LogP contribution in [0.1, 0.15) is 28.9 Å². The summed E-state index contributed by atoms with van der Waals surface area (Å²) in [6.45, 7) is 1.67. The van der Waals surface area contributed by atoms with Gasteiger partial charge in [-0.3, -0.25) is 4.79 Å². The van der Waals surface area contributed by atoms with E-state index in [2.05, 4.69) is 10.1 Å². The lowest BCUT2D eigenvalue weighted by atomic mass is 10.1. The average molecular weight is 387 g/mol. The van der Waals surface area contributed by atoms with Crippen molar-refractivity contribution in [1.82, 2.24) is 5.32 Å². The molecule has 0 radical (unpaired) electrons. The van der Waals surface area contributed by atoms with E-state index in [1.54, 1.807) is 6.92 Å². The zero-order chi connectivity index (χ0) is 19.5. The summed E-state index contributed by atoms with van der Waals surface area (Å²) in [6, 6.07) is 10.1. The quantitative estimate of drug-likeness (QED) is 0.853. The van der Waals surface area contributed by atoms with Crippen LogP contribution in [-0.2, 0) is 9.84 Å². The molecule has 2 aromatic rings. The summed E-state index contributed by atoms with van der Waals surface area (Å²) < 4.78 is 63.0. The van der Waals surface area contributed by atoms with Gasteiger partial charge in [0.2, 0.25) is 0 Å². The molecule has 0 aliphatic rings. The van der Waals surface area contributed by atoms with Gasteiger partial charge >= 0.3 is 6.36 Å². The summed E-state index contributed by atoms with van der Waals surface area (Å²) in [5, 5.41) is 2.69. The lowest BCUT2D eigenvalue weighted by Crippen LogP contribution is -2.26. The molecule has 0 spiro atoms. The second-order valence-corrected chi connectivity index (χ2v) is 7.62. The summed E-state index contributed by atoms with van der Waals surface area (Å²) in [5.74, 6) is -0.788. The van der Waals surface area contributed by atoms with Gasteiger partial charge in [-0.2, -0.15) is 0 Å². The van der Waals surface area contributed by atoms with Gasteiger partial charge in [0.1, 0.15) is 5.75 Å². The molecule has 2 aromatic carbocycles. The topological polar surface area (TPSA) is 72.5 Å². The van der Waals surface area contributed by atoms with Crippen molar-refractivity contribution in [3.05, 3.63) is 59.7 Å². The molecule has 0 aliphatic heterocycles. The van der Waals surface area contributed by atoms with E-state index in [-0.39, 0.29) is 16.2 Å². The van der Waals surface area contributed by atoms with Gasteiger partial charge in [0.05, 0.1) is 10.9 Å². The van der Waals surface area contributed by atoms with E-state index >= 15 is 0 Å². The second-order valence-electron chi connectivity index (χ2n) is 5.61. The van der Waals surface area contributed by atoms with Crippen molar-refractivity contribution >= 4 is 15.7 Å². The Balaban J connectivity index is 2.04. The van der Waals surface area contributed by atoms with E-state index in [1.165, 1.54) is 36.4 Å². The fourth-order valence-corrected chi connectivity index (χ4v) is 2.81. The van der Waals surface area contributed by atoms with Crippen molar-refractivity contribution in [3.63, 3.8) is 0 Å². The van der Waals surface area contributed by atoms with Crippen molar-refractivity contribution in [2.45, 2.75) is 24.2 Å². The normalized spacial score (nSPS) is 13.1. The van der Waals surface area contributed by atoms with Gasteiger partial charge in [-0.25, -0.2) is 8.42 Å². The van der Waals surface area contributed by atoms with E-state index in [0.29, 0.717) is 5.56 Å². The number of halogens is 3. The number of amides is 1. The molecule has 0 aromatic heterocycles. The molecule has 1 atom stereocenters. The molecule has 5 nitrogen and oxygen atoms in total. The average Bonchev–Trinajstić information content (AvgIpc) is 2.53. The molecule has 1 unspecified atom stereocenters. The standard InChI is InChI=1S/C17H16F3NO4S/c1-11(12-3-7-14(8-4-12)25-17(18,19)20)21-16(22)13-5-9-15(10-6-13)26(2,23)24/h3-11H,1-2H3,(H,21,22). The lowest BCUT2D eigenvalue weighted by molar-refractivity contribution is -0.274. The number of hydrogen-bond donors (Lipinski definition) is 1. The highest BCUT2D eigenvalue weighted by Gasteiger charge is 2.31. The highest BCUT2D eigenvalue weighted by atomic mass is 32.2. The van der Waals surface area contributed by atoms with E-state index in [1.807, 2.05) is 0 Å². The second kappa shape index (κ2) is 7.36. The van der Waals surface area contributed by atoms with Crippen molar-refractivity contribution in [1.29, 1.82) is 0 Å². The summed E-state index contributed by atoms with van der Waals surface area (Å²) in [6.07, 6.45) is -3.70. The van der Waals surface area contributed by atoms with Crippen LogP contribution < -0.4 is 10.1 Å². The van der Waals surface area contributed by atoms with E-state index in [9.17, 15) is 26.4 Å². The largest absolute Gasteiger partial charge is 0.573 e. The number of alkyl halides is 3. The molecule has 0 fully saturated rings. The van der Waals surface area contributed by atoms with Crippen LogP contribution in [0.25, 0.3) is 0 Å². The van der Waals surface area contributed by atoms with Gasteiger partial charge in [-0.05, 0) is 48.9 Å². The molecule has 0 saturated heterocycles. The Labute approximate surface area is 148 Å². The highest BCUT2D eigenvalue weighted by Crippen LogP contribution is 2.24. The Morgan fingerprint density at radius 3 is 2.04 bits per heavy atom. The predicted octanol–water partition coefficient (Wildman–Crippen LogP) is 3.48. The number of carbonyl (C=O) groups is 1. The van der Waals surface area contributed by atoms with Crippen LogP contribution in [-0.4, -0.2) is 26.9 Å². The van der Waals surface area contributed by atoms with E-state index in [0.717, 1.165) is 18.4 Å². The fraction of sp³-hybridized carbons (Fsp3) is 0.235. The summed E-state index contributed by atoms with van der Waals surface area (Å²) in [4.78, 5) is 12.3. The van der Waals surface area contributed by atoms with Gasteiger partial charge in [-0.15, -0.1) is 13.2 Å². The van der Waals surface area contributed by atoms with Crippen LogP contribution >= 0.6 is 0 Å². The SMILES string of the molecule is CC(NC(=O)c1ccc(S(C)(=O)=O)cc1)c1ccc(OC(F)(F)F)cc1. The molecule has 9 heteroatoms. The van der Waals surface area contributed by atoms with Crippen molar-refractivity contribution in [2.24, 2.45) is 0 Å². The van der Waals surface area contributed by atoms with Crippen LogP contribution in [0.4, 0.5) is 13.2 Å². The Kier molecular flexibility index (Phi) is 5.60. The number of hydrogen-bond acceptors (Lipinski definition) is 4. The molecule has 0 heterocycles. The number of nitrogens with one attached hydrogen (secondary N) is 1. The Bertz CT molecular complexity index is 876. The molecule has 2 rings (SSSR count). The molecular weight excluding hydrogens is 371 g/mol. The summed E-state index contributed by atoms with van der Waals surface area (Å²) in [5.41, 5.74) is 0.849. The minimum atomic E-state index is -4.76. The van der Waals surface area contributed by atoms with Gasteiger partial charge in [0, 0.05) is 11.8 Å². The third-order valence-electron chi connectivity index (χ3n) is 3.51. The van der Waals surface area contributed by atoms with Gasteiger partial charge < -0.3 is 10.1 Å². The van der Waals surface area contributed by atoms with E-state index < -0.39 is 28.1 Å². The van der Waals surface area contributed by atoms with Crippen LogP contribution in [0, 0.1) is 0 Å². The van der Waals surface area contributed by atoms with Crippen molar-refractivity contribution in [3.8, 4) is 5.75 Å². The molecule has 1 N–H and O–H groups in total. The number of benzene rings is 2. The molecule has 0 aliphatic carbocycles. The van der Waals surface area contributed by atoms with Gasteiger partial charge in [0.15, 0.2) is 9.84 Å². The van der Waals surface area contributed by atoms with Gasteiger partial charge in [-0.1, -0.05) is 12.1 Å². The smallest absolute Gasteiger partial charge is 0.406 e. The molecular formula is C17H16F3NO4S. The maximum atomic E-state index is 12.2. The van der Waals surface area contributed by atoms with E-state index in [4.69, 9.17) is 0 Å². The van der Waals surface area contributed by atoms with Crippen molar-refractivity contribution in [2.75, 3.05) is 6.26 Å². The van der Waals surface area contributed by atoms with Crippen LogP contribution in [0.2, 0.25) is 0 Å². The Morgan fingerprint density at radius 1 is 1.04 bits per heavy atom. The number of rotatable bonds is 5. The first-order valence-corrected chi connectivity index (χ1v) is 9.31. The lowest BCUT2D eigenvalue weighted by Gasteiger charge is -2.15. The first-order valence-electron chi connectivity index (χ1n) is 7.42. The third-order valence-corrected chi connectivity index (χ3v) is 4.63. The molecule has 140 valence electrons. The molecule has 0 saturated carbocycles. The van der Waals surface area contributed by atoms with Gasteiger partial charge in [0.25, 0.3) is 5.91 Å². The van der Waals surface area contributed by atoms with Crippen molar-refractivity contribution < 1.29 is 31.1 Å². The minimum Gasteiger partial charge on any atom is -0.406 e. The highest BCUT2D eigenvalue weighted by molar-refractivity contribution is 7.90. The fourth-order valence-electron chi connectivity index (χ4n) is 2.17. The minimum absolute atomic E-state index is 0.0994. The maximum absolute atomic E-state index is 12.2. The third kappa shape index (κ3) is 5.48. The Hall–Kier alpha value is -2.55. The molecule has 0 bridgehead atoms. The maximum Gasteiger partial charge on any atom is 0.573 e. The predicted molar refractivity (Wildman–Crippen MR) is 88.6 cm³/mol. The Morgan fingerprint density at radius 2 is 1.58 bits per heavy atom. The monoisotopic (exact) mass is 387 g/mol. The zero-order valence-electron chi connectivity index (χ0n) is 13.9. The molecule has 1 amide bonds. The number of ether oxygens (including phenoxy) is 1. The number of carbonyl (C=O) groups excluding carboxylic acids is 1. The first kappa shape index (κ1) is 19.8. The van der Waals surface area contributed by atoms with Crippen LogP contribution in [0.15, 0.2) is 53.4 Å².